The number of anilines is 1. The van der Waals surface area contributed by atoms with Crippen molar-refractivity contribution in [3.8, 4) is 0 Å². The maximum Gasteiger partial charge on any atom is 0.261 e. The summed E-state index contributed by atoms with van der Waals surface area (Å²) in [5.41, 5.74) is 3.09. The van der Waals surface area contributed by atoms with Crippen molar-refractivity contribution < 1.29 is 0 Å². The first-order valence-corrected chi connectivity index (χ1v) is 9.70. The summed E-state index contributed by atoms with van der Waals surface area (Å²) in [5.74, 6) is 1.52. The Morgan fingerprint density at radius 2 is 1.89 bits per heavy atom. The summed E-state index contributed by atoms with van der Waals surface area (Å²) in [4.78, 5) is 26.5. The topological polar surface area (TPSA) is 72.2 Å². The average molecular weight is 377 g/mol. The minimum atomic E-state index is -0.00552. The molecule has 0 aliphatic rings. The third-order valence-electron chi connectivity index (χ3n) is 4.44. The molecule has 0 spiro atoms. The van der Waals surface area contributed by atoms with E-state index in [0.29, 0.717) is 23.0 Å². The molecule has 7 heteroatoms. The van der Waals surface area contributed by atoms with E-state index in [4.69, 9.17) is 0 Å². The maximum absolute atomic E-state index is 12.7. The summed E-state index contributed by atoms with van der Waals surface area (Å²) in [6.07, 6.45) is 2.37. The van der Waals surface area contributed by atoms with Crippen molar-refractivity contribution >= 4 is 34.1 Å². The van der Waals surface area contributed by atoms with Crippen LogP contribution in [-0.2, 0) is 6.42 Å². The lowest BCUT2D eigenvalue weighted by Gasteiger charge is -2.09. The van der Waals surface area contributed by atoms with E-state index >= 15 is 0 Å². The lowest BCUT2D eigenvalue weighted by Crippen LogP contribution is -2.21. The molecule has 1 aromatic carbocycles. The molecule has 0 saturated heterocycles. The summed E-state index contributed by atoms with van der Waals surface area (Å²) in [5, 5.41) is 4.83. The van der Waals surface area contributed by atoms with Crippen molar-refractivity contribution in [3.63, 3.8) is 0 Å². The molecular weight excluding hydrogens is 358 g/mol. The second-order valence-corrected chi connectivity index (χ2v) is 7.19. The van der Waals surface area contributed by atoms with Crippen LogP contribution >= 0.6 is 11.8 Å². The minimum absolute atomic E-state index is 0.00552. The fourth-order valence-electron chi connectivity index (χ4n) is 3.08. The Hall–Kier alpha value is -2.93. The van der Waals surface area contributed by atoms with E-state index in [1.54, 1.807) is 22.4 Å². The first-order chi connectivity index (χ1) is 13.2. The third kappa shape index (κ3) is 3.38. The van der Waals surface area contributed by atoms with Crippen LogP contribution < -0.4 is 10.9 Å². The van der Waals surface area contributed by atoms with Crippen molar-refractivity contribution in [2.75, 3.05) is 18.1 Å². The second kappa shape index (κ2) is 7.36. The fraction of sp³-hybridized carbons (Fsp3) is 0.200. The van der Waals surface area contributed by atoms with Crippen LogP contribution in [0.1, 0.15) is 11.3 Å². The number of nitrogens with one attached hydrogen (secondary N) is 1. The van der Waals surface area contributed by atoms with Crippen molar-refractivity contribution in [3.05, 3.63) is 70.3 Å². The first-order valence-electron chi connectivity index (χ1n) is 8.71. The molecule has 4 rings (SSSR count). The Balaban J connectivity index is 1.58. The van der Waals surface area contributed by atoms with Gasteiger partial charge in [-0.1, -0.05) is 30.0 Å². The number of rotatable bonds is 5. The van der Waals surface area contributed by atoms with Crippen LogP contribution in [0.4, 0.5) is 5.82 Å². The molecule has 0 unspecified atom stereocenters. The number of para-hydroxylation sites is 1. The SMILES string of the molecule is CNc1nc(SCCc2c(C)nc3ccccn3c2=O)nc2ccccc12. The maximum atomic E-state index is 12.7. The summed E-state index contributed by atoms with van der Waals surface area (Å²) < 4.78 is 1.60. The van der Waals surface area contributed by atoms with Crippen LogP contribution in [0.2, 0.25) is 0 Å². The van der Waals surface area contributed by atoms with E-state index in [1.807, 2.05) is 56.4 Å². The van der Waals surface area contributed by atoms with Gasteiger partial charge in [0, 0.05) is 35.6 Å². The summed E-state index contributed by atoms with van der Waals surface area (Å²) >= 11 is 1.54. The van der Waals surface area contributed by atoms with Crippen molar-refractivity contribution in [1.29, 1.82) is 0 Å². The first kappa shape index (κ1) is 17.5. The van der Waals surface area contributed by atoms with Gasteiger partial charge in [-0.3, -0.25) is 9.20 Å². The van der Waals surface area contributed by atoms with Gasteiger partial charge in [0.15, 0.2) is 5.16 Å². The van der Waals surface area contributed by atoms with Crippen LogP contribution in [0, 0.1) is 6.92 Å². The molecule has 0 fully saturated rings. The van der Waals surface area contributed by atoms with E-state index < -0.39 is 0 Å². The quantitative estimate of drug-likeness (QED) is 0.425. The number of hydrogen-bond donors (Lipinski definition) is 1. The standard InChI is InChI=1S/C20H19N5OS/c1-13-14(19(26)25-11-6-5-9-17(25)22-13)10-12-27-20-23-16-8-4-3-7-15(16)18(21-2)24-20/h3-9,11H,10,12H2,1-2H3,(H,21,23,24). The van der Waals surface area contributed by atoms with Crippen LogP contribution in [0.25, 0.3) is 16.6 Å². The van der Waals surface area contributed by atoms with E-state index in [9.17, 15) is 4.79 Å². The monoisotopic (exact) mass is 377 g/mol. The highest BCUT2D eigenvalue weighted by Gasteiger charge is 2.11. The van der Waals surface area contributed by atoms with Crippen molar-refractivity contribution in [1.82, 2.24) is 19.4 Å². The molecule has 0 aliphatic carbocycles. The number of benzene rings is 1. The van der Waals surface area contributed by atoms with Crippen LogP contribution in [0.15, 0.2) is 58.6 Å². The van der Waals surface area contributed by atoms with Gasteiger partial charge in [0.05, 0.1) is 5.52 Å². The van der Waals surface area contributed by atoms with Gasteiger partial charge in [0.25, 0.3) is 5.56 Å². The van der Waals surface area contributed by atoms with Crippen molar-refractivity contribution in [2.45, 2.75) is 18.5 Å². The molecule has 3 aromatic heterocycles. The normalized spacial score (nSPS) is 11.2. The van der Waals surface area contributed by atoms with Crippen LogP contribution in [0.3, 0.4) is 0 Å². The number of nitrogens with zero attached hydrogens (tertiary/aromatic N) is 4. The zero-order valence-corrected chi connectivity index (χ0v) is 16.0. The van der Waals surface area contributed by atoms with E-state index in [-0.39, 0.29) is 5.56 Å². The fourth-order valence-corrected chi connectivity index (χ4v) is 3.89. The van der Waals surface area contributed by atoms with Gasteiger partial charge in [-0.2, -0.15) is 0 Å². The Morgan fingerprint density at radius 1 is 1.07 bits per heavy atom. The Kier molecular flexibility index (Phi) is 4.77. The van der Waals surface area contributed by atoms with Crippen LogP contribution in [-0.4, -0.2) is 32.2 Å². The molecule has 0 bridgehead atoms. The van der Waals surface area contributed by atoms with E-state index in [0.717, 1.165) is 28.0 Å². The predicted octanol–water partition coefficient (Wildman–Crippen LogP) is 3.32. The summed E-state index contributed by atoms with van der Waals surface area (Å²) in [6.45, 7) is 1.89. The highest BCUT2D eigenvalue weighted by atomic mass is 32.2. The summed E-state index contributed by atoms with van der Waals surface area (Å²) in [7, 11) is 1.86. The van der Waals surface area contributed by atoms with E-state index in [2.05, 4.69) is 20.3 Å². The molecule has 0 aliphatic heterocycles. The number of thioether (sulfide) groups is 1. The lowest BCUT2D eigenvalue weighted by atomic mass is 10.2. The zero-order valence-electron chi connectivity index (χ0n) is 15.1. The minimum Gasteiger partial charge on any atom is -0.372 e. The molecule has 27 heavy (non-hydrogen) atoms. The van der Waals surface area contributed by atoms with Gasteiger partial charge in [-0.05, 0) is 37.6 Å². The zero-order chi connectivity index (χ0) is 18.8. The molecule has 0 amide bonds. The average Bonchev–Trinajstić information content (AvgIpc) is 2.69. The number of aromatic nitrogens is 4. The Morgan fingerprint density at radius 3 is 2.74 bits per heavy atom. The predicted molar refractivity (Wildman–Crippen MR) is 110 cm³/mol. The molecule has 4 aromatic rings. The highest BCUT2D eigenvalue weighted by molar-refractivity contribution is 7.99. The molecule has 136 valence electrons. The molecule has 0 radical (unpaired) electrons. The van der Waals surface area contributed by atoms with Gasteiger partial charge >= 0.3 is 0 Å². The number of hydrogen-bond acceptors (Lipinski definition) is 6. The van der Waals surface area contributed by atoms with Gasteiger partial charge < -0.3 is 5.32 Å². The van der Waals surface area contributed by atoms with Gasteiger partial charge in [-0.25, -0.2) is 15.0 Å². The second-order valence-electron chi connectivity index (χ2n) is 6.13. The highest BCUT2D eigenvalue weighted by Crippen LogP contribution is 2.24. The Bertz CT molecular complexity index is 1190. The molecule has 6 nitrogen and oxygen atoms in total. The van der Waals surface area contributed by atoms with Gasteiger partial charge in [0.1, 0.15) is 11.5 Å². The molecule has 1 N–H and O–H groups in total. The largest absolute Gasteiger partial charge is 0.372 e. The Labute approximate surface area is 160 Å². The number of pyridine rings is 1. The molecule has 0 saturated carbocycles. The smallest absolute Gasteiger partial charge is 0.261 e. The number of aryl methyl sites for hydroxylation is 1. The lowest BCUT2D eigenvalue weighted by molar-refractivity contribution is 0.936. The summed E-state index contributed by atoms with van der Waals surface area (Å²) in [6, 6.07) is 13.5. The van der Waals surface area contributed by atoms with Gasteiger partial charge in [-0.15, -0.1) is 0 Å². The van der Waals surface area contributed by atoms with Crippen molar-refractivity contribution in [2.24, 2.45) is 0 Å². The third-order valence-corrected chi connectivity index (χ3v) is 5.29. The molecular formula is C20H19N5OS. The van der Waals surface area contributed by atoms with E-state index in [1.165, 1.54) is 0 Å². The number of fused-ring (bicyclic) bond motifs is 2. The molecule has 0 atom stereocenters. The van der Waals surface area contributed by atoms with Crippen LogP contribution in [0.5, 0.6) is 0 Å². The molecule has 3 heterocycles. The van der Waals surface area contributed by atoms with Gasteiger partial charge in [0.2, 0.25) is 0 Å².